The molecule has 4 aromatic carbocycles. The Bertz CT molecular complexity index is 1390. The fraction of sp³-hybridized carbons (Fsp3) is 0.107. The van der Waals surface area contributed by atoms with Gasteiger partial charge in [-0.15, -0.1) is 11.8 Å². The van der Waals surface area contributed by atoms with Crippen molar-refractivity contribution in [2.45, 2.75) is 23.5 Å². The predicted molar refractivity (Wildman–Crippen MR) is 140 cm³/mol. The topological polar surface area (TPSA) is 95.5 Å². The molecule has 0 aliphatic heterocycles. The number of carbonyl (C=O) groups excluding carboxylic acids is 2. The summed E-state index contributed by atoms with van der Waals surface area (Å²) < 4.78 is 0. The number of thioether (sulfide) groups is 1. The monoisotopic (exact) mass is 484 g/mol. The molecule has 176 valence electrons. The molecule has 0 heterocycles. The Hall–Kier alpha value is -4.10. The van der Waals surface area contributed by atoms with Gasteiger partial charge in [-0.2, -0.15) is 0 Å². The molecule has 7 heteroatoms. The summed E-state index contributed by atoms with van der Waals surface area (Å²) in [6.07, 6.45) is 0.595. The molecule has 4 rings (SSSR count). The number of rotatable bonds is 8. The van der Waals surface area contributed by atoms with Crippen molar-refractivity contribution in [3.8, 4) is 0 Å². The Morgan fingerprint density at radius 1 is 0.771 bits per heavy atom. The number of aromatic carboxylic acids is 1. The molecular formula is C28H24N2O4S. The van der Waals surface area contributed by atoms with Gasteiger partial charge < -0.3 is 15.7 Å². The van der Waals surface area contributed by atoms with Gasteiger partial charge in [0.1, 0.15) is 0 Å². The number of benzene rings is 4. The minimum atomic E-state index is -1.02. The van der Waals surface area contributed by atoms with E-state index in [1.165, 1.54) is 23.9 Å². The molecule has 35 heavy (non-hydrogen) atoms. The summed E-state index contributed by atoms with van der Waals surface area (Å²) in [4.78, 5) is 37.5. The first kappa shape index (κ1) is 24.0. The van der Waals surface area contributed by atoms with Gasteiger partial charge in [0.05, 0.1) is 10.8 Å². The molecular weight excluding hydrogens is 460 g/mol. The minimum Gasteiger partial charge on any atom is -0.478 e. The fourth-order valence-corrected chi connectivity index (χ4v) is 4.60. The lowest BCUT2D eigenvalue weighted by atomic mass is 10.1. The van der Waals surface area contributed by atoms with Crippen molar-refractivity contribution in [3.63, 3.8) is 0 Å². The van der Waals surface area contributed by atoms with Gasteiger partial charge in [0.2, 0.25) is 5.91 Å². The van der Waals surface area contributed by atoms with Crippen LogP contribution in [0.2, 0.25) is 0 Å². The number of hydrogen-bond acceptors (Lipinski definition) is 4. The van der Waals surface area contributed by atoms with E-state index in [2.05, 4.69) is 10.6 Å². The third-order valence-corrected chi connectivity index (χ3v) is 6.80. The number of nitrogens with one attached hydrogen (secondary N) is 2. The maximum atomic E-state index is 12.8. The first-order valence-electron chi connectivity index (χ1n) is 11.1. The number of carboxylic acid groups (broad SMARTS) is 1. The first-order valence-corrected chi connectivity index (χ1v) is 12.0. The van der Waals surface area contributed by atoms with E-state index < -0.39 is 5.97 Å². The van der Waals surface area contributed by atoms with Crippen molar-refractivity contribution in [3.05, 3.63) is 102 Å². The molecule has 4 aromatic rings. The Balaban J connectivity index is 1.41. The van der Waals surface area contributed by atoms with Gasteiger partial charge in [0.15, 0.2) is 0 Å². The maximum Gasteiger partial charge on any atom is 0.335 e. The van der Waals surface area contributed by atoms with Crippen LogP contribution in [0.3, 0.4) is 0 Å². The highest BCUT2D eigenvalue weighted by molar-refractivity contribution is 8.00. The number of hydrogen-bond donors (Lipinski definition) is 3. The minimum absolute atomic E-state index is 0.159. The van der Waals surface area contributed by atoms with E-state index >= 15 is 0 Å². The Morgan fingerprint density at radius 2 is 1.49 bits per heavy atom. The Labute approximate surface area is 207 Å². The lowest BCUT2D eigenvalue weighted by Gasteiger charge is -2.15. The molecule has 0 saturated carbocycles. The lowest BCUT2D eigenvalue weighted by Crippen LogP contribution is -2.24. The van der Waals surface area contributed by atoms with E-state index in [4.69, 9.17) is 5.11 Å². The van der Waals surface area contributed by atoms with Gasteiger partial charge >= 0.3 is 5.97 Å². The molecule has 0 saturated heterocycles. The van der Waals surface area contributed by atoms with Crippen LogP contribution in [0.15, 0.2) is 95.9 Å². The third-order valence-electron chi connectivity index (χ3n) is 5.44. The molecule has 0 aliphatic rings. The fourth-order valence-electron chi connectivity index (χ4n) is 3.59. The normalized spacial score (nSPS) is 11.6. The maximum absolute atomic E-state index is 12.8. The Morgan fingerprint density at radius 3 is 2.20 bits per heavy atom. The van der Waals surface area contributed by atoms with Gasteiger partial charge in [-0.3, -0.25) is 9.59 Å². The zero-order chi connectivity index (χ0) is 24.8. The van der Waals surface area contributed by atoms with Crippen molar-refractivity contribution >= 4 is 51.7 Å². The van der Waals surface area contributed by atoms with Crippen LogP contribution in [0.5, 0.6) is 0 Å². The molecule has 0 fully saturated rings. The summed E-state index contributed by atoms with van der Waals surface area (Å²) in [6.45, 7) is 1.93. The molecule has 2 amide bonds. The molecule has 0 aliphatic carbocycles. The zero-order valence-corrected chi connectivity index (χ0v) is 19.8. The quantitative estimate of drug-likeness (QED) is 0.255. The number of carboxylic acids is 1. The zero-order valence-electron chi connectivity index (χ0n) is 19.0. The predicted octanol–water partition coefficient (Wildman–Crippen LogP) is 6.30. The second kappa shape index (κ2) is 10.9. The molecule has 6 nitrogen and oxygen atoms in total. The van der Waals surface area contributed by atoms with Crippen LogP contribution < -0.4 is 10.6 Å². The molecule has 1 unspecified atom stereocenters. The van der Waals surface area contributed by atoms with Crippen LogP contribution in [-0.2, 0) is 4.79 Å². The highest BCUT2D eigenvalue weighted by Gasteiger charge is 2.19. The number of amides is 2. The average Bonchev–Trinajstić information content (AvgIpc) is 2.87. The van der Waals surface area contributed by atoms with Crippen molar-refractivity contribution in [2.75, 3.05) is 10.6 Å². The van der Waals surface area contributed by atoms with Crippen molar-refractivity contribution < 1.29 is 19.5 Å². The van der Waals surface area contributed by atoms with Gasteiger partial charge in [-0.1, -0.05) is 43.3 Å². The third kappa shape index (κ3) is 6.07. The highest BCUT2D eigenvalue weighted by Crippen LogP contribution is 2.29. The van der Waals surface area contributed by atoms with E-state index in [9.17, 15) is 14.4 Å². The summed E-state index contributed by atoms with van der Waals surface area (Å²) in [5, 5.41) is 16.5. The molecule has 1 atom stereocenters. The first-order chi connectivity index (χ1) is 16.9. The molecule has 0 spiro atoms. The van der Waals surface area contributed by atoms with Crippen molar-refractivity contribution in [1.82, 2.24) is 0 Å². The van der Waals surface area contributed by atoms with Gasteiger partial charge in [-0.05, 0) is 71.8 Å². The molecule has 3 N–H and O–H groups in total. The van der Waals surface area contributed by atoms with E-state index in [1.54, 1.807) is 18.2 Å². The van der Waals surface area contributed by atoms with Gasteiger partial charge in [0.25, 0.3) is 5.91 Å². The van der Waals surface area contributed by atoms with Crippen LogP contribution in [0.25, 0.3) is 10.8 Å². The standard InChI is InChI=1S/C28H24N2O4S/c1-2-25(27(32)29-22-14-12-19(13-15-22)28(33)34)35-24-9-5-8-23(17-24)30-26(31)21-11-10-18-6-3-4-7-20(18)16-21/h3-17,25H,2H2,1H3,(H,29,32)(H,30,31)(H,33,34). The van der Waals surface area contributed by atoms with E-state index in [1.807, 2.05) is 67.6 Å². The summed E-state index contributed by atoms with van der Waals surface area (Å²) in [7, 11) is 0. The Kier molecular flexibility index (Phi) is 7.48. The van der Waals surface area contributed by atoms with E-state index in [0.717, 1.165) is 15.7 Å². The smallest absolute Gasteiger partial charge is 0.335 e. The molecule has 0 aromatic heterocycles. The lowest BCUT2D eigenvalue weighted by molar-refractivity contribution is -0.115. The summed E-state index contributed by atoms with van der Waals surface area (Å²) in [6, 6.07) is 26.9. The number of fused-ring (bicyclic) bond motifs is 1. The molecule has 0 bridgehead atoms. The van der Waals surface area contributed by atoms with Crippen LogP contribution in [0.4, 0.5) is 11.4 Å². The van der Waals surface area contributed by atoms with Crippen LogP contribution >= 0.6 is 11.8 Å². The van der Waals surface area contributed by atoms with Gasteiger partial charge in [0, 0.05) is 21.8 Å². The van der Waals surface area contributed by atoms with Crippen LogP contribution in [-0.4, -0.2) is 28.1 Å². The number of carbonyl (C=O) groups is 3. The summed E-state index contributed by atoms with van der Waals surface area (Å²) in [5.74, 6) is -1.39. The second-order valence-electron chi connectivity index (χ2n) is 7.93. The van der Waals surface area contributed by atoms with Crippen LogP contribution in [0, 0.1) is 0 Å². The largest absolute Gasteiger partial charge is 0.478 e. The van der Waals surface area contributed by atoms with Crippen molar-refractivity contribution in [1.29, 1.82) is 0 Å². The summed E-state index contributed by atoms with van der Waals surface area (Å²) in [5.41, 5.74) is 1.91. The highest BCUT2D eigenvalue weighted by atomic mass is 32.2. The van der Waals surface area contributed by atoms with Crippen LogP contribution in [0.1, 0.15) is 34.1 Å². The second-order valence-corrected chi connectivity index (χ2v) is 9.21. The van der Waals surface area contributed by atoms with Crippen molar-refractivity contribution in [2.24, 2.45) is 0 Å². The molecule has 0 radical (unpaired) electrons. The van der Waals surface area contributed by atoms with Gasteiger partial charge in [-0.25, -0.2) is 4.79 Å². The van der Waals surface area contributed by atoms with E-state index in [-0.39, 0.29) is 22.6 Å². The summed E-state index contributed by atoms with van der Waals surface area (Å²) >= 11 is 1.41. The average molecular weight is 485 g/mol. The van der Waals surface area contributed by atoms with E-state index in [0.29, 0.717) is 23.4 Å². The number of anilines is 2. The SMILES string of the molecule is CCC(Sc1cccc(NC(=O)c2ccc3ccccc3c2)c1)C(=O)Nc1ccc(C(=O)O)cc1.